The SMILES string of the molecule is C1=CC2=NC1=Cc1ccc([nH]1)C=C1C=CC(=N1)C=c1ccc([nH]1)=Cc1ccc([nH]1)C=C1C=CC(=N1)C=c1ccc([nH]1)=C2. The van der Waals surface area contributed by atoms with Crippen LogP contribution in [0, 0.1) is 0 Å². The largest absolute Gasteiger partial charge is 0.355 e. The highest BCUT2D eigenvalue weighted by Crippen LogP contribution is 2.18. The summed E-state index contributed by atoms with van der Waals surface area (Å²) in [5, 5.41) is 3.97. The van der Waals surface area contributed by atoms with Crippen LogP contribution in [0.15, 0.2) is 117 Å². The van der Waals surface area contributed by atoms with Crippen LogP contribution in [0.1, 0.15) is 22.8 Å². The summed E-state index contributed by atoms with van der Waals surface area (Å²) in [6.45, 7) is 0. The average Bonchev–Trinajstić information content (AvgIpc) is 3.80. The predicted octanol–water partition coefficient (Wildman–Crippen LogP) is 3.64. The summed E-state index contributed by atoms with van der Waals surface area (Å²) < 4.78 is 0. The number of rotatable bonds is 0. The van der Waals surface area contributed by atoms with Crippen LogP contribution in [0.5, 0.6) is 0 Å². The van der Waals surface area contributed by atoms with Gasteiger partial charge >= 0.3 is 0 Å². The lowest BCUT2D eigenvalue weighted by Crippen LogP contribution is -2.12. The van der Waals surface area contributed by atoms with Crippen LogP contribution in [-0.2, 0) is 0 Å². The monoisotopic (exact) mass is 543 g/mol. The number of aliphatic imine (C=N–C) groups is 3. The summed E-state index contributed by atoms with van der Waals surface area (Å²) in [7, 11) is 0. The van der Waals surface area contributed by atoms with Crippen molar-refractivity contribution >= 4 is 59.7 Å². The smallest absolute Gasteiger partial charge is 0.0658 e. The second kappa shape index (κ2) is 9.91. The molecule has 0 saturated carbocycles. The molecule has 4 aliphatic heterocycles. The molecule has 0 aromatic carbocycles. The Kier molecular flexibility index (Phi) is 5.64. The van der Waals surface area contributed by atoms with Gasteiger partial charge in [-0.25, -0.2) is 15.0 Å². The van der Waals surface area contributed by atoms with E-state index in [0.717, 1.165) is 78.4 Å². The molecule has 4 aliphatic rings. The van der Waals surface area contributed by atoms with Gasteiger partial charge in [0.05, 0.1) is 34.2 Å². The van der Waals surface area contributed by atoms with Crippen LogP contribution in [0.3, 0.4) is 0 Å². The van der Waals surface area contributed by atoms with Crippen molar-refractivity contribution in [1.82, 2.24) is 19.9 Å². The fourth-order valence-corrected chi connectivity index (χ4v) is 5.18. The molecule has 0 fully saturated rings. The molecule has 0 aliphatic carbocycles. The molecule has 0 amide bonds. The maximum atomic E-state index is 4.77. The summed E-state index contributed by atoms with van der Waals surface area (Å²) in [5.41, 5.74) is 9.35. The number of allylic oxidation sites excluding steroid dienone is 6. The third-order valence-electron chi connectivity index (χ3n) is 7.10. The predicted molar refractivity (Wildman–Crippen MR) is 172 cm³/mol. The van der Waals surface area contributed by atoms with E-state index in [0.29, 0.717) is 0 Å². The van der Waals surface area contributed by atoms with Crippen molar-refractivity contribution in [2.45, 2.75) is 0 Å². The number of H-pyrrole nitrogens is 4. The lowest BCUT2D eigenvalue weighted by molar-refractivity contribution is 1.26. The average molecular weight is 544 g/mol. The molecule has 0 radical (unpaired) electrons. The topological polar surface area (TPSA) is 100 Å². The molecule has 0 unspecified atom stereocenters. The first kappa shape index (κ1) is 23.9. The van der Waals surface area contributed by atoms with Crippen LogP contribution in [0.2, 0.25) is 0 Å². The van der Waals surface area contributed by atoms with Crippen LogP contribution < -0.4 is 21.4 Å². The van der Waals surface area contributed by atoms with Crippen molar-refractivity contribution in [2.75, 3.05) is 0 Å². The van der Waals surface area contributed by atoms with E-state index in [9.17, 15) is 0 Å². The Balaban J connectivity index is 1.19. The van der Waals surface area contributed by atoms with Crippen molar-refractivity contribution in [3.05, 3.63) is 146 Å². The maximum Gasteiger partial charge on any atom is 0.0658 e. The summed E-state index contributed by atoms with van der Waals surface area (Å²) in [4.78, 5) is 28.1. The van der Waals surface area contributed by atoms with Crippen LogP contribution in [0.4, 0.5) is 0 Å². The zero-order chi connectivity index (χ0) is 27.9. The minimum atomic E-state index is 0.894. The van der Waals surface area contributed by atoms with E-state index in [1.54, 1.807) is 0 Å². The molecule has 0 spiro atoms. The van der Waals surface area contributed by atoms with E-state index in [-0.39, 0.29) is 0 Å². The van der Waals surface area contributed by atoms with Gasteiger partial charge in [0.2, 0.25) is 0 Å². The zero-order valence-corrected chi connectivity index (χ0v) is 22.5. The van der Waals surface area contributed by atoms with Crippen LogP contribution >= 0.6 is 0 Å². The third-order valence-corrected chi connectivity index (χ3v) is 7.10. The van der Waals surface area contributed by atoms with Crippen molar-refractivity contribution in [2.24, 2.45) is 15.0 Å². The van der Waals surface area contributed by atoms with Crippen LogP contribution in [-0.4, -0.2) is 37.1 Å². The molecule has 42 heavy (non-hydrogen) atoms. The first-order valence-corrected chi connectivity index (χ1v) is 13.8. The molecule has 7 heteroatoms. The van der Waals surface area contributed by atoms with E-state index in [1.807, 2.05) is 72.9 Å². The minimum absolute atomic E-state index is 0.894. The van der Waals surface area contributed by atoms with E-state index in [2.05, 4.69) is 74.5 Å². The Morgan fingerprint density at radius 2 is 0.643 bits per heavy atom. The number of fused-ring (bicyclic) bond motifs is 11. The Labute approximate surface area is 240 Å². The molecule has 4 aromatic rings. The fourth-order valence-electron chi connectivity index (χ4n) is 5.18. The molecule has 14 bridgehead atoms. The van der Waals surface area contributed by atoms with E-state index >= 15 is 0 Å². The molecule has 8 heterocycles. The van der Waals surface area contributed by atoms with Gasteiger partial charge in [0.25, 0.3) is 0 Å². The zero-order valence-electron chi connectivity index (χ0n) is 22.5. The summed E-state index contributed by atoms with van der Waals surface area (Å²) >= 11 is 0. The maximum absolute atomic E-state index is 4.77. The number of aromatic nitrogens is 4. The molecule has 0 saturated heterocycles. The van der Waals surface area contributed by atoms with Crippen molar-refractivity contribution in [3.63, 3.8) is 0 Å². The minimum Gasteiger partial charge on any atom is -0.355 e. The van der Waals surface area contributed by atoms with Gasteiger partial charge in [-0.2, -0.15) is 0 Å². The normalized spacial score (nSPS) is 17.0. The van der Waals surface area contributed by atoms with Crippen LogP contribution in [0.25, 0.3) is 42.5 Å². The molecule has 7 nitrogen and oxygen atoms in total. The second-order valence-corrected chi connectivity index (χ2v) is 10.4. The Hall–Kier alpha value is -5.95. The molecule has 200 valence electrons. The second-order valence-electron chi connectivity index (χ2n) is 10.4. The fraction of sp³-hybridized carbons (Fsp3) is 0. The number of hydrogen-bond donors (Lipinski definition) is 4. The van der Waals surface area contributed by atoms with Crippen molar-refractivity contribution in [1.29, 1.82) is 0 Å². The van der Waals surface area contributed by atoms with E-state index in [1.165, 1.54) is 0 Å². The molecule has 4 N–H and O–H groups in total. The Morgan fingerprint density at radius 3 is 1.02 bits per heavy atom. The number of aromatic amines is 4. The van der Waals surface area contributed by atoms with Gasteiger partial charge in [0.15, 0.2) is 0 Å². The quantitative estimate of drug-likeness (QED) is 0.261. The van der Waals surface area contributed by atoms with Gasteiger partial charge in [0, 0.05) is 44.2 Å². The molecular weight excluding hydrogens is 518 g/mol. The third kappa shape index (κ3) is 5.14. The standard InChI is InChI=1S/C35H25N7/c1-2-23-16-25-5-6-27(38-25)18-29-9-10-31(40-29)20-33-13-14-35(42-33)21-34-12-11-32(41-34)19-30-8-7-28(39-30)17-26-4-3-24(37-26)15-22(1)36-23/h1-21,36-37,40-41H. The van der Waals surface area contributed by atoms with Crippen molar-refractivity contribution in [3.8, 4) is 0 Å². The Morgan fingerprint density at radius 1 is 0.310 bits per heavy atom. The highest BCUT2D eigenvalue weighted by Gasteiger charge is 2.07. The first-order chi connectivity index (χ1) is 20.6. The lowest BCUT2D eigenvalue weighted by Gasteiger charge is -1.92. The number of nitrogens with one attached hydrogen (secondary N) is 4. The molecule has 8 rings (SSSR count). The van der Waals surface area contributed by atoms with Gasteiger partial charge in [-0.1, -0.05) is 0 Å². The number of nitrogens with zero attached hydrogens (tertiary/aromatic N) is 3. The first-order valence-electron chi connectivity index (χ1n) is 13.8. The molecular formula is C35H25N7. The van der Waals surface area contributed by atoms with Gasteiger partial charge in [-0.15, -0.1) is 0 Å². The molecule has 0 atom stereocenters. The lowest BCUT2D eigenvalue weighted by atomic mass is 10.3. The Bertz CT molecular complexity index is 2290. The van der Waals surface area contributed by atoms with Gasteiger partial charge in [0.1, 0.15) is 0 Å². The van der Waals surface area contributed by atoms with Gasteiger partial charge < -0.3 is 19.9 Å². The summed E-state index contributed by atoms with van der Waals surface area (Å²) in [6, 6.07) is 16.5. The van der Waals surface area contributed by atoms with E-state index in [4.69, 9.17) is 15.0 Å². The highest BCUT2D eigenvalue weighted by atomic mass is 14.8. The van der Waals surface area contributed by atoms with Crippen molar-refractivity contribution < 1.29 is 0 Å². The van der Waals surface area contributed by atoms with E-state index < -0.39 is 0 Å². The molecule has 4 aromatic heterocycles. The summed E-state index contributed by atoms with van der Waals surface area (Å²) in [5.74, 6) is 0. The van der Waals surface area contributed by atoms with Gasteiger partial charge in [-0.05, 0) is 128 Å². The number of hydrogen-bond acceptors (Lipinski definition) is 3. The summed E-state index contributed by atoms with van der Waals surface area (Å²) in [6.07, 6.45) is 26.5. The van der Waals surface area contributed by atoms with Gasteiger partial charge in [-0.3, -0.25) is 0 Å². The highest BCUT2D eigenvalue weighted by molar-refractivity contribution is 6.20.